The molecule has 1 saturated carbocycles. The number of anilines is 1. The van der Waals surface area contributed by atoms with Crippen LogP contribution in [0.15, 0.2) is 36.2 Å². The first-order valence-corrected chi connectivity index (χ1v) is 19.2. The van der Waals surface area contributed by atoms with Crippen LogP contribution in [-0.4, -0.2) is 86.5 Å². The molecule has 0 radical (unpaired) electrons. The normalized spacial score (nSPS) is 35.7. The van der Waals surface area contributed by atoms with Gasteiger partial charge in [0.15, 0.2) is 29.4 Å². The molecule has 2 saturated heterocycles. The molecule has 3 fully saturated rings. The number of H-pyrrole nitrogens is 1. The van der Waals surface area contributed by atoms with E-state index in [1.807, 2.05) is 0 Å². The molecule has 5 aromatic rings. The van der Waals surface area contributed by atoms with Crippen LogP contribution in [0.4, 0.5) is 10.2 Å². The molecule has 5 aromatic heterocycles. The second-order valence-corrected chi connectivity index (χ2v) is 16.8. The van der Waals surface area contributed by atoms with E-state index >= 15 is 4.39 Å². The number of aromatic amines is 1. The molecule has 2 unspecified atom stereocenters. The van der Waals surface area contributed by atoms with Crippen molar-refractivity contribution in [3.05, 3.63) is 41.7 Å². The Kier molecular flexibility index (Phi) is 7.37. The fraction of sp³-hybridized carbons (Fsp3) is 0.478. The summed E-state index contributed by atoms with van der Waals surface area (Å²) < 4.78 is 62.6. The number of rotatable bonds is 2. The molecule has 9 atom stereocenters. The Morgan fingerprint density at radius 3 is 2.72 bits per heavy atom. The summed E-state index contributed by atoms with van der Waals surface area (Å²) in [5.74, 6) is -0.206. The molecule has 23 heteroatoms. The summed E-state index contributed by atoms with van der Waals surface area (Å²) in [5.41, 5.74) is 6.63. The molecule has 18 nitrogen and oxygen atoms in total. The van der Waals surface area contributed by atoms with Crippen LogP contribution < -0.4 is 11.3 Å². The average Bonchev–Trinajstić information content (AvgIpc) is 3.79. The summed E-state index contributed by atoms with van der Waals surface area (Å²) in [4.78, 5) is 47.6. The highest BCUT2D eigenvalue weighted by atomic mass is 32.7. The van der Waals surface area contributed by atoms with Crippen molar-refractivity contribution in [2.75, 3.05) is 25.6 Å². The van der Waals surface area contributed by atoms with Crippen molar-refractivity contribution >= 4 is 71.5 Å². The van der Waals surface area contributed by atoms with Crippen LogP contribution in [0.1, 0.15) is 18.7 Å². The minimum atomic E-state index is -4.18. The molecular weight excluding hydrogens is 689 g/mol. The molecule has 2 aliphatic heterocycles. The highest BCUT2D eigenvalue weighted by Gasteiger charge is 2.52. The van der Waals surface area contributed by atoms with Crippen molar-refractivity contribution in [3.63, 3.8) is 0 Å². The third kappa shape index (κ3) is 5.09. The Labute approximate surface area is 267 Å². The number of imidazole rings is 3. The maximum Gasteiger partial charge on any atom is 0.386 e. The topological polar surface area (TPSA) is 221 Å². The van der Waals surface area contributed by atoms with Gasteiger partial charge in [-0.25, -0.2) is 38.3 Å². The third-order valence-electron chi connectivity index (χ3n) is 8.55. The van der Waals surface area contributed by atoms with E-state index in [0.717, 1.165) is 0 Å². The summed E-state index contributed by atoms with van der Waals surface area (Å²) in [6.07, 6.45) is 1.50. The molecule has 7 heterocycles. The Hall–Kier alpha value is -2.84. The van der Waals surface area contributed by atoms with Gasteiger partial charge in [-0.3, -0.25) is 13.9 Å². The van der Waals surface area contributed by atoms with Crippen LogP contribution in [0.5, 0.6) is 0 Å². The molecule has 0 bridgehead atoms. The number of halogens is 1. The van der Waals surface area contributed by atoms with Crippen LogP contribution in [-0.2, 0) is 39.2 Å². The first kappa shape index (κ1) is 30.5. The van der Waals surface area contributed by atoms with Gasteiger partial charge in [0.25, 0.3) is 5.56 Å². The second kappa shape index (κ2) is 11.1. The molecular formula is C23H25FN10O8P2S2. The number of hydrogen-bond acceptors (Lipinski definition) is 14. The number of aromatic nitrogens is 9. The molecule has 4 N–H and O–H groups in total. The summed E-state index contributed by atoms with van der Waals surface area (Å²) >= 11 is 9.42. The number of ether oxygens (including phenoxy) is 1. The Balaban J connectivity index is 1.06. The SMILES string of the molecule is Nc1ncnc2c1ncn2[C@@H]1O[C@@H]2COP(O)(=S)OC[C@@H]3[C@@H](COP(=O)(S)O[C@H]2[C@H]1F)C[C@H]3n1cnc2c(=O)n3ccnc3[nH]c21. The zero-order valence-electron chi connectivity index (χ0n) is 23.3. The van der Waals surface area contributed by atoms with Gasteiger partial charge in [0.05, 0.1) is 32.5 Å². The molecule has 8 rings (SSSR count). The van der Waals surface area contributed by atoms with E-state index in [4.69, 9.17) is 40.4 Å². The predicted molar refractivity (Wildman–Crippen MR) is 164 cm³/mol. The van der Waals surface area contributed by atoms with Gasteiger partial charge in [-0.05, 0) is 24.1 Å². The summed E-state index contributed by atoms with van der Waals surface area (Å²) in [6.45, 7) is -8.73. The number of nitrogens with two attached hydrogens (primary N) is 1. The van der Waals surface area contributed by atoms with Gasteiger partial charge in [-0.2, -0.15) is 0 Å². The third-order valence-corrected chi connectivity index (χ3v) is 11.8. The lowest BCUT2D eigenvalue weighted by Crippen LogP contribution is -2.43. The number of hydrogen-bond donors (Lipinski definition) is 4. The second-order valence-electron chi connectivity index (χ2n) is 11.1. The van der Waals surface area contributed by atoms with Crippen LogP contribution >= 0.6 is 25.8 Å². The average molecular weight is 715 g/mol. The van der Waals surface area contributed by atoms with Gasteiger partial charge in [0, 0.05) is 24.4 Å². The lowest BCUT2D eigenvalue weighted by Gasteiger charge is -2.45. The fourth-order valence-electron chi connectivity index (χ4n) is 6.20. The maximum atomic E-state index is 16.1. The maximum absolute atomic E-state index is 16.1. The van der Waals surface area contributed by atoms with E-state index in [9.17, 15) is 14.3 Å². The van der Waals surface area contributed by atoms with E-state index in [0.29, 0.717) is 17.8 Å². The number of fused-ring (bicyclic) bond motifs is 5. The molecule has 0 spiro atoms. The minimum Gasteiger partial charge on any atom is -0.382 e. The molecule has 1 aliphatic carbocycles. The number of nitrogen functional groups attached to an aromatic ring is 1. The molecule has 0 aromatic carbocycles. The lowest BCUT2D eigenvalue weighted by atomic mass is 9.70. The van der Waals surface area contributed by atoms with E-state index in [2.05, 4.69) is 42.2 Å². The smallest absolute Gasteiger partial charge is 0.382 e. The standard InChI is InChI=1S/C23H25FN10O8P2S2/c24-14-17-13(41-22(14)34-9-29-15-18(25)27-7-28-19(15)34)6-40-43(36,45)39-5-11-10(4-38-44(37,46)42-17)3-12(11)33-8-30-16-20(33)31-23-26-1-2-32(23)21(16)35/h1-2,7-14,17,22H,3-6H2,(H,26,31)(H,36,45)(H,37,46)(H2,25,27,28)/t10-,11-,12-,13-,14-,17-,22-,43?,44?/m1/s1. The number of thiol groups is 1. The Morgan fingerprint density at radius 2 is 1.87 bits per heavy atom. The summed E-state index contributed by atoms with van der Waals surface area (Å²) in [6, 6.07) is -0.284. The van der Waals surface area contributed by atoms with Crippen molar-refractivity contribution in [3.8, 4) is 0 Å². The van der Waals surface area contributed by atoms with Crippen molar-refractivity contribution in [2.24, 2.45) is 11.8 Å². The highest BCUT2D eigenvalue weighted by molar-refractivity contribution is 8.44. The number of nitrogens with one attached hydrogen (secondary N) is 1. The number of alkyl halides is 1. The van der Waals surface area contributed by atoms with Crippen LogP contribution in [0.25, 0.3) is 28.1 Å². The van der Waals surface area contributed by atoms with E-state index in [1.165, 1.54) is 40.3 Å². The molecule has 46 heavy (non-hydrogen) atoms. The zero-order valence-corrected chi connectivity index (χ0v) is 26.8. The van der Waals surface area contributed by atoms with Crippen molar-refractivity contribution < 1.29 is 36.7 Å². The van der Waals surface area contributed by atoms with Gasteiger partial charge in [-0.15, -0.1) is 0 Å². The predicted octanol–water partition coefficient (Wildman–Crippen LogP) is 1.91. The molecule has 3 aliphatic rings. The quantitative estimate of drug-likeness (QED) is 0.152. The number of nitrogens with zero attached hydrogens (tertiary/aromatic N) is 8. The van der Waals surface area contributed by atoms with E-state index in [1.54, 1.807) is 4.57 Å². The Morgan fingerprint density at radius 1 is 1.09 bits per heavy atom. The fourth-order valence-corrected chi connectivity index (χ4v) is 8.87. The van der Waals surface area contributed by atoms with Gasteiger partial charge >= 0.3 is 13.5 Å². The van der Waals surface area contributed by atoms with Gasteiger partial charge in [0.1, 0.15) is 29.7 Å². The Bertz CT molecular complexity index is 2140. The zero-order chi connectivity index (χ0) is 32.0. The van der Waals surface area contributed by atoms with Crippen LogP contribution in [0.2, 0.25) is 0 Å². The highest BCUT2D eigenvalue weighted by Crippen LogP contribution is 2.59. The van der Waals surface area contributed by atoms with Crippen LogP contribution in [0.3, 0.4) is 0 Å². The van der Waals surface area contributed by atoms with Gasteiger partial charge in [-0.1, -0.05) is 12.2 Å². The van der Waals surface area contributed by atoms with Crippen molar-refractivity contribution in [2.45, 2.75) is 37.1 Å². The van der Waals surface area contributed by atoms with Gasteiger partial charge in [0.2, 0.25) is 5.78 Å². The van der Waals surface area contributed by atoms with Gasteiger partial charge < -0.3 is 38.5 Å². The lowest BCUT2D eigenvalue weighted by molar-refractivity contribution is -0.0423. The molecule has 244 valence electrons. The summed E-state index contributed by atoms with van der Waals surface area (Å²) in [7, 11) is 0. The monoisotopic (exact) mass is 714 g/mol. The first-order valence-electron chi connectivity index (χ1n) is 13.9. The van der Waals surface area contributed by atoms with Crippen molar-refractivity contribution in [1.29, 1.82) is 0 Å². The molecule has 0 amide bonds. The van der Waals surface area contributed by atoms with E-state index < -0.39 is 44.7 Å². The minimum absolute atomic E-state index is 0.0782. The van der Waals surface area contributed by atoms with E-state index in [-0.39, 0.29) is 59.1 Å². The largest absolute Gasteiger partial charge is 0.386 e. The first-order chi connectivity index (χ1) is 22.0. The van der Waals surface area contributed by atoms with Crippen LogP contribution in [0, 0.1) is 11.8 Å². The van der Waals surface area contributed by atoms with Crippen molar-refractivity contribution in [1.82, 2.24) is 43.4 Å². The summed E-state index contributed by atoms with van der Waals surface area (Å²) in [5, 5.41) is 0.